The summed E-state index contributed by atoms with van der Waals surface area (Å²) in [6.45, 7) is 2.84. The third-order valence-electron chi connectivity index (χ3n) is 2.78. The standard InChI is InChI=1S/C13H20N2O3/c1-4-5-8-14(2)12(16)10-15-9-6-7-11(18-3)13(15)17/h6-7,9H,4-5,8,10H2,1-3H3. The fraction of sp³-hybridized carbons (Fsp3) is 0.538. The Kier molecular flexibility index (Phi) is 5.42. The number of unbranched alkanes of at least 4 members (excludes halogenated alkanes) is 1. The molecule has 1 rings (SSSR count). The van der Waals surface area contributed by atoms with E-state index in [1.165, 1.54) is 11.7 Å². The lowest BCUT2D eigenvalue weighted by atomic mass is 10.3. The molecule has 0 saturated carbocycles. The van der Waals surface area contributed by atoms with Crippen LogP contribution in [0.5, 0.6) is 5.75 Å². The lowest BCUT2D eigenvalue weighted by Gasteiger charge is -2.17. The number of ether oxygens (including phenoxy) is 1. The van der Waals surface area contributed by atoms with Gasteiger partial charge in [0.25, 0.3) is 5.56 Å². The van der Waals surface area contributed by atoms with Gasteiger partial charge in [0.2, 0.25) is 5.91 Å². The summed E-state index contributed by atoms with van der Waals surface area (Å²) in [4.78, 5) is 25.4. The number of carbonyl (C=O) groups is 1. The lowest BCUT2D eigenvalue weighted by Crippen LogP contribution is -2.34. The van der Waals surface area contributed by atoms with Gasteiger partial charge in [0.05, 0.1) is 7.11 Å². The molecule has 0 saturated heterocycles. The van der Waals surface area contributed by atoms with Gasteiger partial charge in [-0.3, -0.25) is 9.59 Å². The monoisotopic (exact) mass is 252 g/mol. The molecule has 1 aromatic rings. The van der Waals surface area contributed by atoms with Crippen molar-refractivity contribution in [2.24, 2.45) is 0 Å². The Labute approximate surface area is 107 Å². The van der Waals surface area contributed by atoms with Crippen molar-refractivity contribution in [1.82, 2.24) is 9.47 Å². The maximum atomic E-state index is 11.9. The van der Waals surface area contributed by atoms with Crippen LogP contribution in [0.2, 0.25) is 0 Å². The van der Waals surface area contributed by atoms with Crippen molar-refractivity contribution in [3.63, 3.8) is 0 Å². The predicted molar refractivity (Wildman–Crippen MR) is 69.8 cm³/mol. The summed E-state index contributed by atoms with van der Waals surface area (Å²) in [6.07, 6.45) is 3.60. The number of amides is 1. The van der Waals surface area contributed by atoms with Crippen LogP contribution in [0.15, 0.2) is 23.1 Å². The van der Waals surface area contributed by atoms with Gasteiger partial charge in [-0.1, -0.05) is 13.3 Å². The SMILES string of the molecule is CCCCN(C)C(=O)Cn1cccc(OC)c1=O. The molecule has 1 aromatic heterocycles. The first kappa shape index (κ1) is 14.3. The third-order valence-corrected chi connectivity index (χ3v) is 2.78. The fourth-order valence-electron chi connectivity index (χ4n) is 1.58. The molecule has 0 N–H and O–H groups in total. The molecule has 0 aliphatic heterocycles. The second-order valence-electron chi connectivity index (χ2n) is 4.18. The Morgan fingerprint density at radius 3 is 2.83 bits per heavy atom. The average molecular weight is 252 g/mol. The molecule has 5 nitrogen and oxygen atoms in total. The predicted octanol–water partition coefficient (Wildman–Crippen LogP) is 1.12. The molecule has 1 amide bonds. The third kappa shape index (κ3) is 3.61. The second kappa shape index (κ2) is 6.83. The number of likely N-dealkylation sites (N-methyl/N-ethyl adjacent to an activating group) is 1. The largest absolute Gasteiger partial charge is 0.491 e. The first-order valence-corrected chi connectivity index (χ1v) is 6.07. The molecule has 0 fully saturated rings. The van der Waals surface area contributed by atoms with E-state index >= 15 is 0 Å². The molecule has 0 unspecified atom stereocenters. The highest BCUT2D eigenvalue weighted by atomic mass is 16.5. The molecular weight excluding hydrogens is 232 g/mol. The van der Waals surface area contributed by atoms with Crippen LogP contribution >= 0.6 is 0 Å². The Bertz CT molecular complexity index is 454. The second-order valence-corrected chi connectivity index (χ2v) is 4.18. The normalized spacial score (nSPS) is 10.2. The van der Waals surface area contributed by atoms with Gasteiger partial charge in [0.15, 0.2) is 5.75 Å². The van der Waals surface area contributed by atoms with Crippen molar-refractivity contribution < 1.29 is 9.53 Å². The summed E-state index contributed by atoms with van der Waals surface area (Å²) in [7, 11) is 3.19. The van der Waals surface area contributed by atoms with Crippen LogP contribution in [-0.2, 0) is 11.3 Å². The number of methoxy groups -OCH3 is 1. The van der Waals surface area contributed by atoms with Crippen LogP contribution in [0, 0.1) is 0 Å². The molecule has 5 heteroatoms. The minimum atomic E-state index is -0.280. The van der Waals surface area contributed by atoms with E-state index in [0.717, 1.165) is 12.8 Å². The van der Waals surface area contributed by atoms with Crippen LogP contribution in [0.25, 0.3) is 0 Å². The molecule has 100 valence electrons. The van der Waals surface area contributed by atoms with Crippen molar-refractivity contribution in [3.8, 4) is 5.75 Å². The fourth-order valence-corrected chi connectivity index (χ4v) is 1.58. The van der Waals surface area contributed by atoms with Crippen molar-refractivity contribution >= 4 is 5.91 Å². The number of pyridine rings is 1. The van der Waals surface area contributed by atoms with E-state index in [0.29, 0.717) is 6.54 Å². The Morgan fingerprint density at radius 2 is 2.22 bits per heavy atom. The zero-order chi connectivity index (χ0) is 13.5. The highest BCUT2D eigenvalue weighted by Gasteiger charge is 2.11. The van der Waals surface area contributed by atoms with E-state index in [9.17, 15) is 9.59 Å². The average Bonchev–Trinajstić information content (AvgIpc) is 2.38. The molecular formula is C13H20N2O3. The van der Waals surface area contributed by atoms with Crippen molar-refractivity contribution in [1.29, 1.82) is 0 Å². The number of hydrogen-bond donors (Lipinski definition) is 0. The van der Waals surface area contributed by atoms with E-state index in [1.807, 2.05) is 0 Å². The van der Waals surface area contributed by atoms with Gasteiger partial charge in [-0.15, -0.1) is 0 Å². The number of nitrogens with zero attached hydrogens (tertiary/aromatic N) is 2. The van der Waals surface area contributed by atoms with Gasteiger partial charge in [-0.2, -0.15) is 0 Å². The van der Waals surface area contributed by atoms with Crippen molar-refractivity contribution in [2.45, 2.75) is 26.3 Å². The summed E-state index contributed by atoms with van der Waals surface area (Å²) < 4.78 is 6.30. The van der Waals surface area contributed by atoms with E-state index in [4.69, 9.17) is 4.74 Å². The van der Waals surface area contributed by atoms with Crippen molar-refractivity contribution in [2.75, 3.05) is 20.7 Å². The van der Waals surface area contributed by atoms with Crippen LogP contribution in [0.3, 0.4) is 0 Å². The number of hydrogen-bond acceptors (Lipinski definition) is 3. The molecule has 0 aliphatic carbocycles. The minimum Gasteiger partial charge on any atom is -0.491 e. The van der Waals surface area contributed by atoms with Gasteiger partial charge in [-0.25, -0.2) is 0 Å². The van der Waals surface area contributed by atoms with E-state index in [2.05, 4.69) is 6.92 Å². The summed E-state index contributed by atoms with van der Waals surface area (Å²) in [5.74, 6) is 0.181. The molecule has 18 heavy (non-hydrogen) atoms. The maximum Gasteiger partial charge on any atom is 0.293 e. The van der Waals surface area contributed by atoms with Gasteiger partial charge in [0, 0.05) is 19.8 Å². The molecule has 0 atom stereocenters. The van der Waals surface area contributed by atoms with Gasteiger partial charge in [-0.05, 0) is 18.6 Å². The van der Waals surface area contributed by atoms with Crippen LogP contribution in [0.1, 0.15) is 19.8 Å². The summed E-state index contributed by atoms with van der Waals surface area (Å²) in [5.41, 5.74) is -0.280. The Balaban J connectivity index is 2.73. The molecule has 0 bridgehead atoms. The molecule has 0 radical (unpaired) electrons. The lowest BCUT2D eigenvalue weighted by molar-refractivity contribution is -0.130. The molecule has 0 aromatic carbocycles. The molecule has 0 aliphatic rings. The van der Waals surface area contributed by atoms with Crippen LogP contribution in [-0.4, -0.2) is 36.1 Å². The van der Waals surface area contributed by atoms with E-state index < -0.39 is 0 Å². The maximum absolute atomic E-state index is 11.9. The minimum absolute atomic E-state index is 0.0518. The van der Waals surface area contributed by atoms with Crippen LogP contribution < -0.4 is 10.3 Å². The number of aromatic nitrogens is 1. The summed E-state index contributed by atoms with van der Waals surface area (Å²) in [5, 5.41) is 0. The Morgan fingerprint density at radius 1 is 1.50 bits per heavy atom. The van der Waals surface area contributed by atoms with Gasteiger partial charge in [0.1, 0.15) is 6.54 Å². The highest BCUT2D eigenvalue weighted by Crippen LogP contribution is 2.01. The quantitative estimate of drug-likeness (QED) is 0.762. The summed E-state index contributed by atoms with van der Waals surface area (Å²) >= 11 is 0. The zero-order valence-electron chi connectivity index (χ0n) is 11.2. The van der Waals surface area contributed by atoms with Crippen molar-refractivity contribution in [3.05, 3.63) is 28.7 Å². The molecule has 1 heterocycles. The number of carbonyl (C=O) groups excluding carboxylic acids is 1. The Hall–Kier alpha value is -1.78. The summed E-state index contributed by atoms with van der Waals surface area (Å²) in [6, 6.07) is 3.28. The first-order valence-electron chi connectivity index (χ1n) is 6.07. The molecule has 0 spiro atoms. The van der Waals surface area contributed by atoms with E-state index in [1.54, 1.807) is 30.3 Å². The number of rotatable bonds is 6. The zero-order valence-corrected chi connectivity index (χ0v) is 11.2. The van der Waals surface area contributed by atoms with Gasteiger partial charge < -0.3 is 14.2 Å². The first-order chi connectivity index (χ1) is 8.60. The van der Waals surface area contributed by atoms with E-state index in [-0.39, 0.29) is 23.8 Å². The smallest absolute Gasteiger partial charge is 0.293 e. The van der Waals surface area contributed by atoms with Gasteiger partial charge >= 0.3 is 0 Å². The topological polar surface area (TPSA) is 51.5 Å². The highest BCUT2D eigenvalue weighted by molar-refractivity contribution is 5.75. The van der Waals surface area contributed by atoms with Crippen LogP contribution in [0.4, 0.5) is 0 Å².